The maximum Gasteiger partial charge on any atom is 0.230 e. The molecule has 23 heavy (non-hydrogen) atoms. The van der Waals surface area contributed by atoms with Crippen LogP contribution in [0, 0.1) is 6.92 Å². The molecule has 2 heterocycles. The topological polar surface area (TPSA) is 68.0 Å². The number of amides is 1. The normalized spacial score (nSPS) is 11.2. The van der Waals surface area contributed by atoms with Gasteiger partial charge in [0.1, 0.15) is 5.69 Å². The number of fused-ring (bicyclic) bond motifs is 2. The Bertz CT molecular complexity index is 1020. The van der Waals surface area contributed by atoms with Crippen LogP contribution in [0.5, 0.6) is 0 Å². The Labute approximate surface area is 135 Å². The molecule has 0 atom stereocenters. The molecule has 4 aromatic rings. The Morgan fingerprint density at radius 1 is 1.26 bits per heavy atom. The van der Waals surface area contributed by atoms with Gasteiger partial charge in [-0.25, -0.2) is 4.98 Å². The molecule has 4 rings (SSSR count). The molecule has 0 bridgehead atoms. The highest BCUT2D eigenvalue weighted by atomic mass is 32.1. The highest BCUT2D eigenvalue weighted by Crippen LogP contribution is 2.25. The van der Waals surface area contributed by atoms with E-state index in [-0.39, 0.29) is 12.3 Å². The van der Waals surface area contributed by atoms with Crippen LogP contribution in [0.25, 0.3) is 21.2 Å². The predicted octanol–water partition coefficient (Wildman–Crippen LogP) is 3.93. The van der Waals surface area contributed by atoms with E-state index in [0.29, 0.717) is 11.3 Å². The van der Waals surface area contributed by atoms with Gasteiger partial charge < -0.3 is 9.84 Å². The Kier molecular flexibility index (Phi) is 3.31. The zero-order chi connectivity index (χ0) is 15.8. The third kappa shape index (κ3) is 2.68. The molecule has 0 fully saturated rings. The van der Waals surface area contributed by atoms with E-state index in [1.54, 1.807) is 11.3 Å². The van der Waals surface area contributed by atoms with Crippen LogP contribution in [0.4, 0.5) is 5.69 Å². The van der Waals surface area contributed by atoms with Crippen molar-refractivity contribution in [3.8, 4) is 0 Å². The number of hydrogen-bond acceptors (Lipinski definition) is 5. The molecule has 1 amide bonds. The number of carbonyl (C=O) groups excluding carboxylic acids is 1. The molecule has 2 aromatic carbocycles. The smallest absolute Gasteiger partial charge is 0.230 e. The van der Waals surface area contributed by atoms with Crippen molar-refractivity contribution in [2.45, 2.75) is 13.3 Å². The molecule has 0 spiro atoms. The van der Waals surface area contributed by atoms with Crippen LogP contribution in [-0.2, 0) is 11.2 Å². The molecule has 0 aliphatic rings. The average Bonchev–Trinajstić information content (AvgIpc) is 3.10. The SMILES string of the molecule is Cc1nc2ccc(NC(=O)Cc3noc4ccccc34)cc2s1. The first-order valence-electron chi connectivity index (χ1n) is 7.19. The first-order chi connectivity index (χ1) is 11.2. The van der Waals surface area contributed by atoms with Gasteiger partial charge in [0.05, 0.1) is 21.6 Å². The van der Waals surface area contributed by atoms with E-state index in [0.717, 1.165) is 26.3 Å². The monoisotopic (exact) mass is 323 g/mol. The maximum atomic E-state index is 12.3. The third-order valence-electron chi connectivity index (χ3n) is 3.56. The summed E-state index contributed by atoms with van der Waals surface area (Å²) < 4.78 is 6.29. The Morgan fingerprint density at radius 3 is 3.04 bits per heavy atom. The number of nitrogens with zero attached hydrogens (tertiary/aromatic N) is 2. The Balaban J connectivity index is 1.54. The van der Waals surface area contributed by atoms with Crippen molar-refractivity contribution in [3.05, 3.63) is 53.2 Å². The van der Waals surface area contributed by atoms with Crippen LogP contribution in [0.3, 0.4) is 0 Å². The number of aryl methyl sites for hydroxylation is 1. The number of rotatable bonds is 3. The summed E-state index contributed by atoms with van der Waals surface area (Å²) in [5.41, 5.74) is 3.05. The van der Waals surface area contributed by atoms with E-state index < -0.39 is 0 Å². The molecule has 0 saturated carbocycles. The van der Waals surface area contributed by atoms with Crippen LogP contribution in [0.2, 0.25) is 0 Å². The van der Waals surface area contributed by atoms with Gasteiger partial charge >= 0.3 is 0 Å². The van der Waals surface area contributed by atoms with Crippen molar-refractivity contribution >= 4 is 44.1 Å². The number of thiazole rings is 1. The fourth-order valence-electron chi connectivity index (χ4n) is 2.54. The van der Waals surface area contributed by atoms with Gasteiger partial charge in [0.2, 0.25) is 5.91 Å². The molecule has 1 N–H and O–H groups in total. The van der Waals surface area contributed by atoms with Gasteiger partial charge in [0.25, 0.3) is 0 Å². The summed E-state index contributed by atoms with van der Waals surface area (Å²) in [4.78, 5) is 16.7. The molecule has 2 aromatic heterocycles. The van der Waals surface area contributed by atoms with Crippen LogP contribution >= 0.6 is 11.3 Å². The summed E-state index contributed by atoms with van der Waals surface area (Å²) in [5.74, 6) is -0.121. The standard InChI is InChI=1S/C17H13N3O2S/c1-10-18-13-7-6-11(8-16(13)23-10)19-17(21)9-14-12-4-2-3-5-15(12)22-20-14/h2-8H,9H2,1H3,(H,19,21). The summed E-state index contributed by atoms with van der Waals surface area (Å²) in [5, 5.41) is 8.77. The van der Waals surface area contributed by atoms with Gasteiger partial charge in [-0.05, 0) is 37.3 Å². The molecular weight excluding hydrogens is 310 g/mol. The molecular formula is C17H13N3O2S. The molecule has 0 aliphatic heterocycles. The number of benzene rings is 2. The second-order valence-corrected chi connectivity index (χ2v) is 6.50. The van der Waals surface area contributed by atoms with Crippen molar-refractivity contribution < 1.29 is 9.32 Å². The summed E-state index contributed by atoms with van der Waals surface area (Å²) in [7, 11) is 0. The number of hydrogen-bond donors (Lipinski definition) is 1. The number of aromatic nitrogens is 2. The first kappa shape index (κ1) is 13.9. The van der Waals surface area contributed by atoms with Gasteiger partial charge in [-0.15, -0.1) is 11.3 Å². The lowest BCUT2D eigenvalue weighted by Crippen LogP contribution is -2.14. The fraction of sp³-hybridized carbons (Fsp3) is 0.118. The van der Waals surface area contributed by atoms with E-state index in [9.17, 15) is 4.79 Å². The molecule has 0 radical (unpaired) electrons. The number of para-hydroxylation sites is 1. The van der Waals surface area contributed by atoms with Gasteiger partial charge in [-0.3, -0.25) is 4.79 Å². The highest BCUT2D eigenvalue weighted by Gasteiger charge is 2.12. The van der Waals surface area contributed by atoms with Crippen LogP contribution < -0.4 is 5.32 Å². The summed E-state index contributed by atoms with van der Waals surface area (Å²) in [6, 6.07) is 13.2. The summed E-state index contributed by atoms with van der Waals surface area (Å²) >= 11 is 1.61. The lowest BCUT2D eigenvalue weighted by molar-refractivity contribution is -0.115. The minimum atomic E-state index is -0.121. The highest BCUT2D eigenvalue weighted by molar-refractivity contribution is 7.18. The minimum absolute atomic E-state index is 0.121. The quantitative estimate of drug-likeness (QED) is 0.620. The molecule has 0 aliphatic carbocycles. The molecule has 0 unspecified atom stereocenters. The van der Waals surface area contributed by atoms with Crippen molar-refractivity contribution in [3.63, 3.8) is 0 Å². The zero-order valence-electron chi connectivity index (χ0n) is 12.4. The fourth-order valence-corrected chi connectivity index (χ4v) is 3.41. The largest absolute Gasteiger partial charge is 0.356 e. The van der Waals surface area contributed by atoms with Crippen molar-refractivity contribution in [2.24, 2.45) is 0 Å². The number of anilines is 1. The van der Waals surface area contributed by atoms with Crippen molar-refractivity contribution in [1.82, 2.24) is 10.1 Å². The number of carbonyl (C=O) groups is 1. The first-order valence-corrected chi connectivity index (χ1v) is 8.01. The maximum absolute atomic E-state index is 12.3. The second kappa shape index (κ2) is 5.48. The Hall–Kier alpha value is -2.73. The van der Waals surface area contributed by atoms with Gasteiger partial charge in [0, 0.05) is 11.1 Å². The van der Waals surface area contributed by atoms with E-state index >= 15 is 0 Å². The van der Waals surface area contributed by atoms with Gasteiger partial charge in [-0.2, -0.15) is 0 Å². The lowest BCUT2D eigenvalue weighted by atomic mass is 10.1. The van der Waals surface area contributed by atoms with Gasteiger partial charge in [0.15, 0.2) is 5.58 Å². The van der Waals surface area contributed by atoms with Crippen LogP contribution in [-0.4, -0.2) is 16.0 Å². The van der Waals surface area contributed by atoms with Crippen molar-refractivity contribution in [1.29, 1.82) is 0 Å². The number of nitrogens with one attached hydrogen (secondary N) is 1. The third-order valence-corrected chi connectivity index (χ3v) is 4.49. The average molecular weight is 323 g/mol. The predicted molar refractivity (Wildman–Crippen MR) is 90.7 cm³/mol. The Morgan fingerprint density at radius 2 is 2.13 bits per heavy atom. The van der Waals surface area contributed by atoms with E-state index in [4.69, 9.17) is 4.52 Å². The van der Waals surface area contributed by atoms with E-state index in [1.165, 1.54) is 0 Å². The molecule has 0 saturated heterocycles. The van der Waals surface area contributed by atoms with Crippen LogP contribution in [0.15, 0.2) is 47.0 Å². The van der Waals surface area contributed by atoms with E-state index in [2.05, 4.69) is 15.5 Å². The zero-order valence-corrected chi connectivity index (χ0v) is 13.2. The molecule has 5 nitrogen and oxygen atoms in total. The molecule has 6 heteroatoms. The van der Waals surface area contributed by atoms with Gasteiger partial charge in [-0.1, -0.05) is 17.3 Å². The minimum Gasteiger partial charge on any atom is -0.356 e. The second-order valence-electron chi connectivity index (χ2n) is 5.27. The molecule has 114 valence electrons. The lowest BCUT2D eigenvalue weighted by Gasteiger charge is -2.03. The van der Waals surface area contributed by atoms with Crippen molar-refractivity contribution in [2.75, 3.05) is 5.32 Å². The van der Waals surface area contributed by atoms with Crippen LogP contribution in [0.1, 0.15) is 10.7 Å². The summed E-state index contributed by atoms with van der Waals surface area (Å²) in [6.45, 7) is 1.97. The summed E-state index contributed by atoms with van der Waals surface area (Å²) in [6.07, 6.45) is 0.177. The van der Waals surface area contributed by atoms with E-state index in [1.807, 2.05) is 49.4 Å².